The molecule has 0 aromatic heterocycles. The summed E-state index contributed by atoms with van der Waals surface area (Å²) in [6, 6.07) is 2.79. The Balaban J connectivity index is 5.73. The Morgan fingerprint density at radius 2 is 1.58 bits per heavy atom. The number of carbonyl (C=O) groups is 2. The topological polar surface area (TPSA) is 63.6 Å². The van der Waals surface area contributed by atoms with Gasteiger partial charge in [0.05, 0.1) is 12.5 Å². The predicted octanol–water partition coefficient (Wildman–Crippen LogP) is 5.54. The fraction of sp³-hybridized carbons (Fsp3) is 0.810. The Kier molecular flexibility index (Phi) is 10.0. The number of aliphatic carboxylic acids is 1. The second-order valence-corrected chi connectivity index (χ2v) is 13.0. The monoisotopic (exact) mass is 384 g/mol. The maximum Gasteiger partial charge on any atom is 0.305 e. The van der Waals surface area contributed by atoms with Gasteiger partial charge < -0.3 is 9.53 Å². The van der Waals surface area contributed by atoms with E-state index >= 15 is 0 Å². The van der Waals surface area contributed by atoms with Crippen molar-refractivity contribution in [3.63, 3.8) is 0 Å². The molecule has 0 aromatic carbocycles. The molecule has 0 aromatic rings. The largest absolute Gasteiger partial charge is 0.481 e. The van der Waals surface area contributed by atoms with Crippen molar-refractivity contribution < 1.29 is 19.1 Å². The highest BCUT2D eigenvalue weighted by atomic mass is 28.4. The zero-order valence-electron chi connectivity index (χ0n) is 18.1. The van der Waals surface area contributed by atoms with E-state index in [2.05, 4.69) is 41.2 Å². The molecule has 0 radical (unpaired) electrons. The van der Waals surface area contributed by atoms with Crippen LogP contribution in [0.1, 0.15) is 61.8 Å². The van der Waals surface area contributed by atoms with Crippen LogP contribution in [0.2, 0.25) is 18.1 Å². The summed E-state index contributed by atoms with van der Waals surface area (Å²) in [5.74, 6) is -0.647. The van der Waals surface area contributed by atoms with Gasteiger partial charge in [0.2, 0.25) is 0 Å². The number of carboxylic acid groups (broad SMARTS) is 1. The van der Waals surface area contributed by atoms with Crippen molar-refractivity contribution >= 4 is 20.1 Å². The van der Waals surface area contributed by atoms with Gasteiger partial charge in [-0.05, 0) is 30.0 Å². The molecule has 0 rings (SSSR count). The Labute approximate surface area is 161 Å². The molecule has 0 aliphatic carbocycles. The number of hydrogen-bond donors (Lipinski definition) is 1. The van der Waals surface area contributed by atoms with E-state index in [1.165, 1.54) is 0 Å². The Morgan fingerprint density at radius 3 is 1.92 bits per heavy atom. The van der Waals surface area contributed by atoms with Crippen LogP contribution in [0.25, 0.3) is 0 Å². The van der Waals surface area contributed by atoms with Crippen LogP contribution >= 0.6 is 0 Å². The molecular weight excluding hydrogens is 344 g/mol. The first kappa shape index (κ1) is 25.1. The molecule has 0 heterocycles. The third-order valence-electron chi connectivity index (χ3n) is 6.53. The summed E-state index contributed by atoms with van der Waals surface area (Å²) in [4.78, 5) is 24.8. The van der Waals surface area contributed by atoms with Gasteiger partial charge >= 0.3 is 5.97 Å². The van der Waals surface area contributed by atoms with Crippen LogP contribution in [0.3, 0.4) is 0 Å². The molecule has 1 N–H and O–H groups in total. The molecule has 4 nitrogen and oxygen atoms in total. The Bertz CT molecular complexity index is 474. The van der Waals surface area contributed by atoms with Crippen LogP contribution in [-0.4, -0.2) is 31.3 Å². The first-order chi connectivity index (χ1) is 11.9. The second kappa shape index (κ2) is 10.4. The fourth-order valence-corrected chi connectivity index (χ4v) is 6.54. The second-order valence-electron chi connectivity index (χ2n) is 8.28. The normalized spacial score (nSPS) is 17.2. The first-order valence-corrected chi connectivity index (χ1v) is 12.5. The molecule has 4 atom stereocenters. The van der Waals surface area contributed by atoms with Gasteiger partial charge in [-0.25, -0.2) is 0 Å². The number of Topliss-reactive ketones (excluding diaryl/α,β-unsaturated/α-hetero) is 1. The lowest BCUT2D eigenvalue weighted by atomic mass is 9.71. The van der Waals surface area contributed by atoms with Crippen LogP contribution < -0.4 is 0 Å². The van der Waals surface area contributed by atoms with Crippen molar-refractivity contribution in [3.05, 3.63) is 12.7 Å². The summed E-state index contributed by atoms with van der Waals surface area (Å²) in [6.07, 6.45) is 1.15. The van der Waals surface area contributed by atoms with Crippen LogP contribution in [0.15, 0.2) is 12.7 Å². The zero-order valence-corrected chi connectivity index (χ0v) is 19.1. The molecule has 1 unspecified atom stereocenters. The minimum absolute atomic E-state index is 0.0798. The van der Waals surface area contributed by atoms with Crippen LogP contribution in [0.4, 0.5) is 0 Å². The summed E-state index contributed by atoms with van der Waals surface area (Å²) < 4.78 is 6.52. The lowest BCUT2D eigenvalue weighted by Crippen LogP contribution is -2.50. The van der Waals surface area contributed by atoms with E-state index in [0.717, 1.165) is 18.1 Å². The van der Waals surface area contributed by atoms with E-state index in [1.807, 2.05) is 26.8 Å². The lowest BCUT2D eigenvalue weighted by Gasteiger charge is -2.41. The van der Waals surface area contributed by atoms with Gasteiger partial charge in [0.15, 0.2) is 8.32 Å². The quantitative estimate of drug-likeness (QED) is 0.334. The van der Waals surface area contributed by atoms with Gasteiger partial charge in [0.25, 0.3) is 0 Å². The van der Waals surface area contributed by atoms with Crippen molar-refractivity contribution in [1.82, 2.24) is 0 Å². The molecule has 0 saturated carbocycles. The van der Waals surface area contributed by atoms with Crippen molar-refractivity contribution in [3.8, 4) is 0 Å². The maximum absolute atomic E-state index is 13.3. The number of rotatable bonds is 13. The van der Waals surface area contributed by atoms with E-state index < -0.39 is 25.8 Å². The number of carbonyl (C=O) groups excluding carboxylic acids is 1. The molecule has 0 aliphatic heterocycles. The van der Waals surface area contributed by atoms with Gasteiger partial charge in [-0.15, -0.1) is 6.58 Å². The summed E-state index contributed by atoms with van der Waals surface area (Å²) in [7, 11) is -2.03. The predicted molar refractivity (Wildman–Crippen MR) is 111 cm³/mol. The van der Waals surface area contributed by atoms with Gasteiger partial charge in [-0.3, -0.25) is 9.59 Å². The standard InChI is InChI=1S/C21H40O4Si/c1-10-15(5)16(6)17(7)20(24)21(8,9)18(14-19(22)23)25-26(11-2,12-3)13-4/h10,15-18H,1,11-14H2,2-9H3,(H,22,23)/t15-,16?,17+,18-/m0/s1. The lowest BCUT2D eigenvalue weighted by molar-refractivity contribution is -0.145. The maximum atomic E-state index is 13.3. The third-order valence-corrected chi connectivity index (χ3v) is 11.2. The van der Waals surface area contributed by atoms with Crippen molar-refractivity contribution in [2.45, 2.75) is 86.0 Å². The average molecular weight is 385 g/mol. The number of ketones is 1. The minimum atomic E-state index is -2.03. The van der Waals surface area contributed by atoms with Crippen molar-refractivity contribution in [1.29, 1.82) is 0 Å². The summed E-state index contributed by atoms with van der Waals surface area (Å²) in [6.45, 7) is 19.9. The van der Waals surface area contributed by atoms with E-state index in [-0.39, 0.29) is 30.0 Å². The molecule has 0 amide bonds. The molecule has 0 aliphatic rings. The molecule has 0 fully saturated rings. The zero-order chi connectivity index (χ0) is 20.7. The molecule has 152 valence electrons. The highest BCUT2D eigenvalue weighted by Gasteiger charge is 2.45. The van der Waals surface area contributed by atoms with Crippen LogP contribution in [0, 0.1) is 23.2 Å². The Hall–Kier alpha value is -0.943. The molecule has 0 saturated heterocycles. The number of carboxylic acids is 1. The molecule has 5 heteroatoms. The summed E-state index contributed by atoms with van der Waals surface area (Å²) in [5, 5.41) is 9.43. The van der Waals surface area contributed by atoms with Crippen LogP contribution in [-0.2, 0) is 14.0 Å². The van der Waals surface area contributed by atoms with Gasteiger partial charge in [-0.1, -0.05) is 61.5 Å². The third kappa shape index (κ3) is 6.05. The van der Waals surface area contributed by atoms with E-state index in [1.54, 1.807) is 0 Å². The minimum Gasteiger partial charge on any atom is -0.481 e. The van der Waals surface area contributed by atoms with Crippen molar-refractivity contribution in [2.24, 2.45) is 23.2 Å². The number of allylic oxidation sites excluding steroid dienone is 1. The average Bonchev–Trinajstić information content (AvgIpc) is 2.62. The van der Waals surface area contributed by atoms with Gasteiger partial charge in [-0.2, -0.15) is 0 Å². The molecular formula is C21H40O4Si. The number of hydrogen-bond acceptors (Lipinski definition) is 3. The first-order valence-electron chi connectivity index (χ1n) is 9.98. The SMILES string of the molecule is C=C[C@H](C)C(C)[C@@H](C)C(=O)C(C)(C)[C@H](CC(=O)O)O[Si](CC)(CC)CC. The summed E-state index contributed by atoms with van der Waals surface area (Å²) >= 11 is 0. The highest BCUT2D eigenvalue weighted by molar-refractivity contribution is 6.73. The molecule has 0 spiro atoms. The van der Waals surface area contributed by atoms with Crippen molar-refractivity contribution in [2.75, 3.05) is 0 Å². The highest BCUT2D eigenvalue weighted by Crippen LogP contribution is 2.37. The van der Waals surface area contributed by atoms with Gasteiger partial charge in [0.1, 0.15) is 5.78 Å². The Morgan fingerprint density at radius 1 is 1.12 bits per heavy atom. The van der Waals surface area contributed by atoms with E-state index in [9.17, 15) is 14.7 Å². The van der Waals surface area contributed by atoms with E-state index in [4.69, 9.17) is 4.43 Å². The molecule has 0 bridgehead atoms. The fourth-order valence-electron chi connectivity index (χ4n) is 3.56. The van der Waals surface area contributed by atoms with Gasteiger partial charge in [0, 0.05) is 11.3 Å². The molecule has 26 heavy (non-hydrogen) atoms. The van der Waals surface area contributed by atoms with Crippen LogP contribution in [0.5, 0.6) is 0 Å². The summed E-state index contributed by atoms with van der Waals surface area (Å²) in [5.41, 5.74) is -0.843. The van der Waals surface area contributed by atoms with E-state index in [0.29, 0.717) is 0 Å². The smallest absolute Gasteiger partial charge is 0.305 e.